The van der Waals surface area contributed by atoms with Gasteiger partial charge in [-0.2, -0.15) is 0 Å². The van der Waals surface area contributed by atoms with E-state index in [1.165, 1.54) is 18.6 Å². The molecule has 0 spiro atoms. The van der Waals surface area contributed by atoms with E-state index in [4.69, 9.17) is 0 Å². The normalized spacial score (nSPS) is 14.9. The number of anilines is 1. The van der Waals surface area contributed by atoms with Crippen LogP contribution in [0.15, 0.2) is 59.5 Å². The summed E-state index contributed by atoms with van der Waals surface area (Å²) in [6, 6.07) is 14.9. The molecule has 2 N–H and O–H groups in total. The number of nitrogens with one attached hydrogen (secondary N) is 2. The van der Waals surface area contributed by atoms with E-state index in [0.717, 1.165) is 25.7 Å². The average molecular weight is 415 g/mol. The minimum absolute atomic E-state index is 0.00351. The third-order valence-corrected chi connectivity index (χ3v) is 6.86. The molecule has 3 rings (SSSR count). The molecule has 2 aromatic carbocycles. The first kappa shape index (κ1) is 21.0. The summed E-state index contributed by atoms with van der Waals surface area (Å²) < 4.78 is 24.6. The molecule has 1 aliphatic carbocycles. The van der Waals surface area contributed by atoms with Crippen LogP contribution >= 0.6 is 0 Å². The second kappa shape index (κ2) is 9.69. The zero-order valence-electron chi connectivity index (χ0n) is 16.3. The van der Waals surface area contributed by atoms with Gasteiger partial charge >= 0.3 is 0 Å². The van der Waals surface area contributed by atoms with Crippen molar-refractivity contribution in [1.82, 2.24) is 5.32 Å². The molecule has 2 aromatic rings. The van der Waals surface area contributed by atoms with Crippen LogP contribution in [0, 0.1) is 5.92 Å². The lowest BCUT2D eigenvalue weighted by Gasteiger charge is -2.20. The quantitative estimate of drug-likeness (QED) is 0.726. The first-order chi connectivity index (χ1) is 14.0. The summed E-state index contributed by atoms with van der Waals surface area (Å²) in [5.41, 5.74) is 0.952. The minimum Gasteiger partial charge on any atom is -0.351 e. The summed E-state index contributed by atoms with van der Waals surface area (Å²) >= 11 is 0. The van der Waals surface area contributed by atoms with Crippen LogP contribution in [0.1, 0.15) is 42.5 Å². The Labute approximate surface area is 171 Å². The molecule has 6 nitrogen and oxygen atoms in total. The Kier molecular flexibility index (Phi) is 7.04. The molecule has 0 unspecified atom stereocenters. The van der Waals surface area contributed by atoms with Gasteiger partial charge in [0.2, 0.25) is 5.91 Å². The lowest BCUT2D eigenvalue weighted by Crippen LogP contribution is -2.29. The van der Waals surface area contributed by atoms with E-state index in [0.29, 0.717) is 11.3 Å². The van der Waals surface area contributed by atoms with Crippen molar-refractivity contribution >= 4 is 27.3 Å². The molecule has 0 aromatic heterocycles. The van der Waals surface area contributed by atoms with Crippen LogP contribution in [-0.4, -0.2) is 32.5 Å². The number of rotatable bonds is 7. The van der Waals surface area contributed by atoms with Crippen LogP contribution < -0.4 is 10.6 Å². The molecule has 0 atom stereocenters. The summed E-state index contributed by atoms with van der Waals surface area (Å²) in [7, 11) is -3.45. The van der Waals surface area contributed by atoms with Crippen LogP contribution in [0.4, 0.5) is 5.69 Å². The first-order valence-electron chi connectivity index (χ1n) is 9.93. The fourth-order valence-electron chi connectivity index (χ4n) is 3.49. The summed E-state index contributed by atoms with van der Waals surface area (Å²) in [5, 5.41) is 5.53. The predicted molar refractivity (Wildman–Crippen MR) is 112 cm³/mol. The van der Waals surface area contributed by atoms with Crippen molar-refractivity contribution in [1.29, 1.82) is 0 Å². The van der Waals surface area contributed by atoms with Crippen LogP contribution in [0.5, 0.6) is 0 Å². The molecular formula is C22H26N2O4S. The van der Waals surface area contributed by atoms with E-state index < -0.39 is 9.84 Å². The number of carbonyl (C=O) groups is 2. The van der Waals surface area contributed by atoms with Crippen molar-refractivity contribution in [3.63, 3.8) is 0 Å². The van der Waals surface area contributed by atoms with Crippen molar-refractivity contribution in [2.24, 2.45) is 5.92 Å². The molecule has 0 saturated heterocycles. The van der Waals surface area contributed by atoms with Gasteiger partial charge in [0.1, 0.15) is 0 Å². The standard InChI is InChI=1S/C22H26N2O4S/c25-21(23-14-15-29(27,28)20-12-5-2-6-13-20)18-10-7-11-19(16-18)24-22(26)17-8-3-1-4-9-17/h2,5-7,10-13,16-17H,1,3-4,8-9,14-15H2,(H,23,25)(H,24,26). The van der Waals surface area contributed by atoms with Gasteiger partial charge < -0.3 is 10.6 Å². The first-order valence-corrected chi connectivity index (χ1v) is 11.6. The van der Waals surface area contributed by atoms with Crippen molar-refractivity contribution in [2.75, 3.05) is 17.6 Å². The number of amides is 2. The van der Waals surface area contributed by atoms with E-state index in [1.807, 2.05) is 0 Å². The van der Waals surface area contributed by atoms with Gasteiger partial charge in [0.15, 0.2) is 9.84 Å². The van der Waals surface area contributed by atoms with Crippen molar-refractivity contribution < 1.29 is 18.0 Å². The topological polar surface area (TPSA) is 92.3 Å². The maximum atomic E-state index is 12.4. The van der Waals surface area contributed by atoms with Gasteiger partial charge in [-0.3, -0.25) is 9.59 Å². The Hall–Kier alpha value is -2.67. The number of sulfone groups is 1. The molecule has 1 saturated carbocycles. The Morgan fingerprint density at radius 2 is 1.66 bits per heavy atom. The van der Waals surface area contributed by atoms with E-state index in [1.54, 1.807) is 42.5 Å². The van der Waals surface area contributed by atoms with Gasteiger partial charge in [-0.15, -0.1) is 0 Å². The zero-order chi connectivity index (χ0) is 20.7. The highest BCUT2D eigenvalue weighted by Crippen LogP contribution is 2.25. The van der Waals surface area contributed by atoms with Gasteiger partial charge in [0.25, 0.3) is 5.91 Å². The molecule has 0 heterocycles. The maximum absolute atomic E-state index is 12.4. The Morgan fingerprint density at radius 1 is 0.931 bits per heavy atom. The third kappa shape index (κ3) is 5.90. The van der Waals surface area contributed by atoms with Crippen LogP contribution in [0.3, 0.4) is 0 Å². The minimum atomic E-state index is -3.45. The lowest BCUT2D eigenvalue weighted by molar-refractivity contribution is -0.120. The number of hydrogen-bond donors (Lipinski definition) is 2. The highest BCUT2D eigenvalue weighted by molar-refractivity contribution is 7.91. The molecule has 154 valence electrons. The summed E-state index contributed by atoms with van der Waals surface area (Å²) in [6.07, 6.45) is 5.14. The monoisotopic (exact) mass is 414 g/mol. The molecule has 0 aliphatic heterocycles. The molecule has 29 heavy (non-hydrogen) atoms. The van der Waals surface area contributed by atoms with E-state index in [-0.39, 0.29) is 34.9 Å². The summed E-state index contributed by atoms with van der Waals surface area (Å²) in [6.45, 7) is 0.00865. The third-order valence-electron chi connectivity index (χ3n) is 5.13. The molecule has 0 bridgehead atoms. The fourth-order valence-corrected chi connectivity index (χ4v) is 4.67. The maximum Gasteiger partial charge on any atom is 0.251 e. The van der Waals surface area contributed by atoms with Crippen LogP contribution in [0.2, 0.25) is 0 Å². The Bertz CT molecular complexity index is 952. The largest absolute Gasteiger partial charge is 0.351 e. The molecule has 7 heteroatoms. The lowest BCUT2D eigenvalue weighted by atomic mass is 9.88. The van der Waals surface area contributed by atoms with Crippen LogP contribution in [-0.2, 0) is 14.6 Å². The van der Waals surface area contributed by atoms with E-state index in [9.17, 15) is 18.0 Å². The van der Waals surface area contributed by atoms with Gasteiger partial charge in [-0.25, -0.2) is 8.42 Å². The smallest absolute Gasteiger partial charge is 0.251 e. The van der Waals surface area contributed by atoms with Crippen LogP contribution in [0.25, 0.3) is 0 Å². The molecule has 0 radical (unpaired) electrons. The molecule has 2 amide bonds. The van der Waals surface area contributed by atoms with Gasteiger partial charge in [0, 0.05) is 23.7 Å². The molecular weight excluding hydrogens is 388 g/mol. The highest BCUT2D eigenvalue weighted by atomic mass is 32.2. The number of hydrogen-bond acceptors (Lipinski definition) is 4. The van der Waals surface area contributed by atoms with Crippen molar-refractivity contribution in [2.45, 2.75) is 37.0 Å². The van der Waals surface area contributed by atoms with E-state index in [2.05, 4.69) is 10.6 Å². The van der Waals surface area contributed by atoms with Gasteiger partial charge in [0.05, 0.1) is 10.6 Å². The van der Waals surface area contributed by atoms with Gasteiger partial charge in [-0.05, 0) is 43.2 Å². The number of benzene rings is 2. The van der Waals surface area contributed by atoms with Crippen molar-refractivity contribution in [3.8, 4) is 0 Å². The summed E-state index contributed by atoms with van der Waals surface area (Å²) in [4.78, 5) is 25.0. The zero-order valence-corrected chi connectivity index (χ0v) is 17.1. The Morgan fingerprint density at radius 3 is 2.38 bits per heavy atom. The average Bonchev–Trinajstić information content (AvgIpc) is 2.75. The van der Waals surface area contributed by atoms with Gasteiger partial charge in [-0.1, -0.05) is 43.5 Å². The second-order valence-electron chi connectivity index (χ2n) is 7.29. The fraction of sp³-hybridized carbons (Fsp3) is 0.364. The summed E-state index contributed by atoms with van der Waals surface area (Å²) in [5.74, 6) is -0.524. The van der Waals surface area contributed by atoms with E-state index >= 15 is 0 Å². The predicted octanol–water partition coefficient (Wildman–Crippen LogP) is 3.41. The Balaban J connectivity index is 1.54. The molecule has 1 aliphatic rings. The van der Waals surface area contributed by atoms with Crippen molar-refractivity contribution in [3.05, 3.63) is 60.2 Å². The molecule has 1 fully saturated rings. The second-order valence-corrected chi connectivity index (χ2v) is 9.40. The highest BCUT2D eigenvalue weighted by Gasteiger charge is 2.21. The number of carbonyl (C=O) groups excluding carboxylic acids is 2. The SMILES string of the molecule is O=C(NCCS(=O)(=O)c1ccccc1)c1cccc(NC(=O)C2CCCCC2)c1.